The Labute approximate surface area is 66.8 Å². The third kappa shape index (κ3) is 2.19. The summed E-state index contributed by atoms with van der Waals surface area (Å²) in [6.45, 7) is 2.69. The molecule has 0 radical (unpaired) electrons. The molecule has 3 nitrogen and oxygen atoms in total. The van der Waals surface area contributed by atoms with Gasteiger partial charge < -0.3 is 10.4 Å². The molecule has 0 spiro atoms. The second kappa shape index (κ2) is 3.72. The topological polar surface area (TPSA) is 49.3 Å². The molecule has 2 N–H and O–H groups in total. The lowest BCUT2D eigenvalue weighted by Gasteiger charge is -2.14. The Hall–Kier alpha value is -0.570. The van der Waals surface area contributed by atoms with Crippen molar-refractivity contribution in [3.8, 4) is 0 Å². The summed E-state index contributed by atoms with van der Waals surface area (Å²) >= 11 is 0. The van der Waals surface area contributed by atoms with Gasteiger partial charge in [-0.05, 0) is 6.42 Å². The molecule has 1 saturated heterocycles. The highest BCUT2D eigenvalue weighted by Crippen LogP contribution is 2.16. The van der Waals surface area contributed by atoms with Crippen LogP contribution in [0.15, 0.2) is 0 Å². The molecule has 0 bridgehead atoms. The molecule has 0 aliphatic carbocycles. The van der Waals surface area contributed by atoms with E-state index in [0.717, 1.165) is 12.8 Å². The van der Waals surface area contributed by atoms with Crippen LogP contribution in [0.2, 0.25) is 0 Å². The Morgan fingerprint density at radius 1 is 1.82 bits per heavy atom. The number of rotatable bonds is 3. The predicted molar refractivity (Wildman–Crippen MR) is 42.0 cm³/mol. The fourth-order valence-corrected chi connectivity index (χ4v) is 1.43. The van der Waals surface area contributed by atoms with Crippen LogP contribution >= 0.6 is 0 Å². The van der Waals surface area contributed by atoms with Gasteiger partial charge in [-0.2, -0.15) is 0 Å². The van der Waals surface area contributed by atoms with Gasteiger partial charge in [0.1, 0.15) is 0 Å². The average molecular weight is 157 g/mol. The summed E-state index contributed by atoms with van der Waals surface area (Å²) in [7, 11) is 0. The van der Waals surface area contributed by atoms with E-state index < -0.39 is 0 Å². The lowest BCUT2D eigenvalue weighted by atomic mass is 9.98. The van der Waals surface area contributed by atoms with Crippen LogP contribution in [0.1, 0.15) is 26.2 Å². The molecule has 11 heavy (non-hydrogen) atoms. The number of hydrogen-bond donors (Lipinski definition) is 2. The van der Waals surface area contributed by atoms with E-state index in [2.05, 4.69) is 5.32 Å². The smallest absolute Gasteiger partial charge is 0.220 e. The van der Waals surface area contributed by atoms with Gasteiger partial charge >= 0.3 is 0 Å². The Bertz CT molecular complexity index is 147. The molecule has 1 rings (SSSR count). The van der Waals surface area contributed by atoms with E-state index in [1.165, 1.54) is 0 Å². The quantitative estimate of drug-likeness (QED) is 0.618. The van der Waals surface area contributed by atoms with Gasteiger partial charge in [-0.25, -0.2) is 0 Å². The number of carbonyl (C=O) groups is 1. The van der Waals surface area contributed by atoms with Crippen LogP contribution in [-0.4, -0.2) is 23.7 Å². The predicted octanol–water partition coefficient (Wildman–Crippen LogP) is 0.283. The van der Waals surface area contributed by atoms with Crippen molar-refractivity contribution in [3.63, 3.8) is 0 Å². The number of hydrogen-bond acceptors (Lipinski definition) is 2. The van der Waals surface area contributed by atoms with Crippen molar-refractivity contribution in [1.82, 2.24) is 5.32 Å². The summed E-state index contributed by atoms with van der Waals surface area (Å²) in [5.74, 6) is 0.229. The first-order chi connectivity index (χ1) is 5.24. The van der Waals surface area contributed by atoms with E-state index in [1.807, 2.05) is 6.92 Å². The van der Waals surface area contributed by atoms with Gasteiger partial charge in [0, 0.05) is 18.9 Å². The molecule has 1 aliphatic heterocycles. The van der Waals surface area contributed by atoms with Crippen molar-refractivity contribution in [2.45, 2.75) is 32.3 Å². The molecule has 2 atom stereocenters. The van der Waals surface area contributed by atoms with Gasteiger partial charge in [0.25, 0.3) is 0 Å². The van der Waals surface area contributed by atoms with E-state index >= 15 is 0 Å². The van der Waals surface area contributed by atoms with Crippen molar-refractivity contribution in [2.24, 2.45) is 5.92 Å². The zero-order valence-corrected chi connectivity index (χ0v) is 6.84. The Kier molecular flexibility index (Phi) is 2.88. The monoisotopic (exact) mass is 157 g/mol. The minimum Gasteiger partial charge on any atom is -0.393 e. The molecule has 1 unspecified atom stereocenters. The van der Waals surface area contributed by atoms with Gasteiger partial charge in [-0.1, -0.05) is 13.3 Å². The molecule has 0 saturated carbocycles. The summed E-state index contributed by atoms with van der Waals surface area (Å²) in [4.78, 5) is 10.7. The van der Waals surface area contributed by atoms with Gasteiger partial charge in [-0.3, -0.25) is 4.79 Å². The lowest BCUT2D eigenvalue weighted by Crippen LogP contribution is -2.22. The van der Waals surface area contributed by atoms with Crippen LogP contribution in [0.4, 0.5) is 0 Å². The number of nitrogens with one attached hydrogen (secondary N) is 1. The van der Waals surface area contributed by atoms with E-state index in [9.17, 15) is 9.90 Å². The molecule has 1 aliphatic rings. The van der Waals surface area contributed by atoms with Gasteiger partial charge in [-0.15, -0.1) is 0 Å². The Balaban J connectivity index is 2.30. The number of aliphatic hydroxyl groups excluding tert-OH is 1. The van der Waals surface area contributed by atoms with Gasteiger partial charge in [0.05, 0.1) is 6.10 Å². The standard InChI is InChI=1S/C8H15NO2/c1-2-3-7(10)6-4-8(11)9-5-6/h6-7,10H,2-5H2,1H3,(H,9,11)/t6-,7?/m1/s1. The van der Waals surface area contributed by atoms with Crippen LogP contribution in [0.3, 0.4) is 0 Å². The van der Waals surface area contributed by atoms with E-state index in [-0.39, 0.29) is 17.9 Å². The third-order valence-corrected chi connectivity index (χ3v) is 2.14. The maximum absolute atomic E-state index is 10.7. The normalized spacial score (nSPS) is 26.7. The molecule has 0 aromatic carbocycles. The SMILES string of the molecule is CCCC(O)[C@H]1CNC(=O)C1. The van der Waals surface area contributed by atoms with E-state index in [1.54, 1.807) is 0 Å². The highest BCUT2D eigenvalue weighted by Gasteiger charge is 2.26. The summed E-state index contributed by atoms with van der Waals surface area (Å²) in [6, 6.07) is 0. The number of aliphatic hydroxyl groups is 1. The van der Waals surface area contributed by atoms with Crippen LogP contribution < -0.4 is 5.32 Å². The molecule has 1 heterocycles. The second-order valence-electron chi connectivity index (χ2n) is 3.12. The third-order valence-electron chi connectivity index (χ3n) is 2.14. The van der Waals surface area contributed by atoms with Crippen molar-refractivity contribution >= 4 is 5.91 Å². The summed E-state index contributed by atoms with van der Waals surface area (Å²) in [5, 5.41) is 12.2. The molecular weight excluding hydrogens is 142 g/mol. The lowest BCUT2D eigenvalue weighted by molar-refractivity contribution is -0.119. The largest absolute Gasteiger partial charge is 0.393 e. The maximum Gasteiger partial charge on any atom is 0.220 e. The zero-order valence-electron chi connectivity index (χ0n) is 6.84. The highest BCUT2D eigenvalue weighted by atomic mass is 16.3. The second-order valence-corrected chi connectivity index (χ2v) is 3.12. The molecule has 1 fully saturated rings. The van der Waals surface area contributed by atoms with Crippen LogP contribution in [-0.2, 0) is 4.79 Å². The Morgan fingerprint density at radius 3 is 3.00 bits per heavy atom. The first-order valence-corrected chi connectivity index (χ1v) is 4.18. The summed E-state index contributed by atoms with van der Waals surface area (Å²) in [5.41, 5.74) is 0. The molecule has 0 aromatic heterocycles. The van der Waals surface area contributed by atoms with Crippen LogP contribution in [0, 0.1) is 5.92 Å². The molecule has 64 valence electrons. The fourth-order valence-electron chi connectivity index (χ4n) is 1.43. The van der Waals surface area contributed by atoms with Crippen molar-refractivity contribution in [2.75, 3.05) is 6.54 Å². The fraction of sp³-hybridized carbons (Fsp3) is 0.875. The summed E-state index contributed by atoms with van der Waals surface area (Å²) in [6.07, 6.45) is 1.99. The maximum atomic E-state index is 10.7. The minimum atomic E-state index is -0.293. The van der Waals surface area contributed by atoms with Gasteiger partial charge in [0.15, 0.2) is 0 Å². The van der Waals surface area contributed by atoms with Crippen LogP contribution in [0.5, 0.6) is 0 Å². The Morgan fingerprint density at radius 2 is 2.55 bits per heavy atom. The summed E-state index contributed by atoms with van der Waals surface area (Å²) < 4.78 is 0. The first-order valence-electron chi connectivity index (χ1n) is 4.18. The van der Waals surface area contributed by atoms with E-state index in [4.69, 9.17) is 0 Å². The van der Waals surface area contributed by atoms with Gasteiger partial charge in [0.2, 0.25) is 5.91 Å². The molecule has 3 heteroatoms. The number of amides is 1. The number of carbonyl (C=O) groups excluding carboxylic acids is 1. The first kappa shape index (κ1) is 8.53. The molecule has 1 amide bonds. The van der Waals surface area contributed by atoms with Crippen LogP contribution in [0.25, 0.3) is 0 Å². The molecular formula is C8H15NO2. The highest BCUT2D eigenvalue weighted by molar-refractivity contribution is 5.78. The van der Waals surface area contributed by atoms with Crippen molar-refractivity contribution < 1.29 is 9.90 Å². The van der Waals surface area contributed by atoms with Crippen molar-refractivity contribution in [1.29, 1.82) is 0 Å². The average Bonchev–Trinajstić information content (AvgIpc) is 2.36. The minimum absolute atomic E-state index is 0.0742. The molecule has 0 aromatic rings. The van der Waals surface area contributed by atoms with Crippen molar-refractivity contribution in [3.05, 3.63) is 0 Å². The zero-order chi connectivity index (χ0) is 8.27. The van der Waals surface area contributed by atoms with E-state index in [0.29, 0.717) is 13.0 Å².